The molecular formula is C34H50O6. The van der Waals surface area contributed by atoms with Gasteiger partial charge in [0.2, 0.25) is 0 Å². The van der Waals surface area contributed by atoms with Gasteiger partial charge in [0.05, 0.1) is 5.41 Å². The Balaban J connectivity index is 1.38. The molecule has 6 heteroatoms. The third kappa shape index (κ3) is 3.49. The normalized spacial score (nSPS) is 52.6. The van der Waals surface area contributed by atoms with Gasteiger partial charge in [-0.1, -0.05) is 46.3 Å². The van der Waals surface area contributed by atoms with E-state index in [4.69, 9.17) is 14.2 Å². The van der Waals surface area contributed by atoms with Crippen LogP contribution < -0.4 is 0 Å². The van der Waals surface area contributed by atoms with E-state index in [-0.39, 0.29) is 63.8 Å². The average molecular weight is 555 g/mol. The largest absolute Gasteiger partial charge is 0.465 e. The summed E-state index contributed by atoms with van der Waals surface area (Å²) < 4.78 is 17.7. The van der Waals surface area contributed by atoms with Crippen LogP contribution >= 0.6 is 0 Å². The van der Waals surface area contributed by atoms with Crippen molar-refractivity contribution in [2.45, 2.75) is 125 Å². The molecule has 2 bridgehead atoms. The average Bonchev–Trinajstić information content (AvgIpc) is 3.13. The molecule has 1 saturated heterocycles. The predicted molar refractivity (Wildman–Crippen MR) is 151 cm³/mol. The summed E-state index contributed by atoms with van der Waals surface area (Å²) >= 11 is 0. The van der Waals surface area contributed by atoms with Gasteiger partial charge in [-0.05, 0) is 92.3 Å². The van der Waals surface area contributed by atoms with Crippen molar-refractivity contribution >= 4 is 17.9 Å². The number of esters is 3. The van der Waals surface area contributed by atoms with E-state index in [0.717, 1.165) is 57.8 Å². The number of fused-ring (bicyclic) bond motifs is 10. The van der Waals surface area contributed by atoms with Gasteiger partial charge in [0.15, 0.2) is 0 Å². The van der Waals surface area contributed by atoms with Gasteiger partial charge in [-0.3, -0.25) is 14.4 Å². The molecule has 40 heavy (non-hydrogen) atoms. The van der Waals surface area contributed by atoms with Gasteiger partial charge in [0, 0.05) is 31.1 Å². The van der Waals surface area contributed by atoms with Gasteiger partial charge in [-0.25, -0.2) is 0 Å². The molecule has 11 atom stereocenters. The van der Waals surface area contributed by atoms with Crippen LogP contribution in [0.25, 0.3) is 0 Å². The molecule has 4 saturated carbocycles. The quantitative estimate of drug-likeness (QED) is 0.217. The maximum Gasteiger partial charge on any atom is 0.312 e. The number of carbonyl (C=O) groups is 3. The Morgan fingerprint density at radius 2 is 1.62 bits per heavy atom. The Morgan fingerprint density at radius 3 is 2.30 bits per heavy atom. The van der Waals surface area contributed by atoms with Crippen molar-refractivity contribution in [2.24, 2.45) is 50.2 Å². The van der Waals surface area contributed by atoms with Crippen LogP contribution in [0.5, 0.6) is 0 Å². The smallest absolute Gasteiger partial charge is 0.312 e. The third-order valence-electron chi connectivity index (χ3n) is 14.3. The highest BCUT2D eigenvalue weighted by Gasteiger charge is 2.71. The molecule has 1 aliphatic heterocycles. The lowest BCUT2D eigenvalue weighted by Gasteiger charge is -2.71. The molecule has 6 aliphatic rings. The Hall–Kier alpha value is -1.85. The molecule has 5 fully saturated rings. The van der Waals surface area contributed by atoms with Crippen LogP contribution in [0.1, 0.15) is 113 Å². The van der Waals surface area contributed by atoms with Gasteiger partial charge in [-0.15, -0.1) is 0 Å². The summed E-state index contributed by atoms with van der Waals surface area (Å²) in [7, 11) is 0. The van der Waals surface area contributed by atoms with E-state index >= 15 is 0 Å². The molecule has 0 radical (unpaired) electrons. The van der Waals surface area contributed by atoms with Crippen LogP contribution in [0.2, 0.25) is 0 Å². The highest BCUT2D eigenvalue weighted by Crippen LogP contribution is 2.76. The van der Waals surface area contributed by atoms with E-state index in [0.29, 0.717) is 17.8 Å². The first-order valence-corrected chi connectivity index (χ1v) is 15.8. The zero-order valence-corrected chi connectivity index (χ0v) is 26.0. The van der Waals surface area contributed by atoms with Gasteiger partial charge in [0.25, 0.3) is 0 Å². The molecule has 6 nitrogen and oxygen atoms in total. The first-order valence-electron chi connectivity index (χ1n) is 15.8. The third-order valence-corrected chi connectivity index (χ3v) is 14.3. The minimum Gasteiger partial charge on any atom is -0.465 e. The zero-order chi connectivity index (χ0) is 29.1. The molecule has 6 rings (SSSR count). The van der Waals surface area contributed by atoms with E-state index < -0.39 is 5.41 Å². The highest BCUT2D eigenvalue weighted by molar-refractivity contribution is 5.79. The number of rotatable bonds is 3. The van der Waals surface area contributed by atoms with Crippen molar-refractivity contribution < 1.29 is 28.6 Å². The second-order valence-corrected chi connectivity index (χ2v) is 16.1. The monoisotopic (exact) mass is 554 g/mol. The van der Waals surface area contributed by atoms with E-state index in [9.17, 15) is 14.4 Å². The second-order valence-electron chi connectivity index (χ2n) is 16.1. The van der Waals surface area contributed by atoms with E-state index in [1.807, 2.05) is 0 Å². The molecule has 1 heterocycles. The lowest BCUT2D eigenvalue weighted by molar-refractivity contribution is -0.226. The number of allylic oxidation sites excluding steroid dienone is 2. The Bertz CT molecular complexity index is 1170. The van der Waals surface area contributed by atoms with Crippen LogP contribution in [0.4, 0.5) is 0 Å². The van der Waals surface area contributed by atoms with Crippen LogP contribution in [-0.2, 0) is 28.6 Å². The van der Waals surface area contributed by atoms with Crippen molar-refractivity contribution in [1.82, 2.24) is 0 Å². The van der Waals surface area contributed by atoms with Gasteiger partial charge in [0.1, 0.15) is 18.8 Å². The van der Waals surface area contributed by atoms with Crippen molar-refractivity contribution in [3.05, 3.63) is 11.6 Å². The molecule has 5 aliphatic carbocycles. The first kappa shape index (κ1) is 28.3. The fraction of sp³-hybridized carbons (Fsp3) is 0.853. The van der Waals surface area contributed by atoms with Gasteiger partial charge >= 0.3 is 17.9 Å². The van der Waals surface area contributed by atoms with Crippen molar-refractivity contribution in [3.63, 3.8) is 0 Å². The van der Waals surface area contributed by atoms with E-state index in [1.165, 1.54) is 13.8 Å². The molecule has 0 N–H and O–H groups in total. The summed E-state index contributed by atoms with van der Waals surface area (Å²) in [6.45, 7) is 17.6. The summed E-state index contributed by atoms with van der Waals surface area (Å²) in [5.74, 6) is 0.637. The number of hydrogen-bond acceptors (Lipinski definition) is 6. The standard InChI is InChI=1S/C34H50O6/c1-20(35)38-19-32(6)24-11-14-34(8)25(31(24,5)13-12-26(32)39-21(2)36)10-9-22-23-17-29(3)18-27(40-28(29)37)30(23,4)15-16-33(22,34)7/h9,23-27H,10-19H2,1-8H3/t23-,24+,25+,26-,27+,29+,30+,31-,32+,33+,34+/m0/s1. The fourth-order valence-corrected chi connectivity index (χ4v) is 11.7. The Morgan fingerprint density at radius 1 is 0.900 bits per heavy atom. The summed E-state index contributed by atoms with van der Waals surface area (Å²) in [6.07, 6.45) is 11.4. The zero-order valence-electron chi connectivity index (χ0n) is 26.0. The Kier molecular flexibility index (Phi) is 6.08. The van der Waals surface area contributed by atoms with Gasteiger partial charge < -0.3 is 14.2 Å². The van der Waals surface area contributed by atoms with Crippen molar-refractivity contribution in [3.8, 4) is 0 Å². The van der Waals surface area contributed by atoms with Crippen LogP contribution in [0.15, 0.2) is 11.6 Å². The molecule has 0 amide bonds. The summed E-state index contributed by atoms with van der Waals surface area (Å²) in [4.78, 5) is 37.0. The molecule has 0 spiro atoms. The van der Waals surface area contributed by atoms with E-state index in [1.54, 1.807) is 5.57 Å². The SMILES string of the molecule is CC(=O)OC[C@]1(C)[C@@H]2CC[C@]3(C)[C@H](CC=C4[C@@H]5C[C@]6(C)C[C@@H](OC6=O)[C@]5(C)CC[C@]43C)[C@@]2(C)CC[C@@H]1OC(C)=O. The van der Waals surface area contributed by atoms with Crippen LogP contribution in [-0.4, -0.2) is 36.7 Å². The number of hydrogen-bond donors (Lipinski definition) is 0. The maximum atomic E-state index is 12.9. The van der Waals surface area contributed by atoms with Crippen LogP contribution in [0.3, 0.4) is 0 Å². The first-order chi connectivity index (χ1) is 18.5. The molecule has 0 aromatic heterocycles. The second kappa shape index (κ2) is 8.60. The summed E-state index contributed by atoms with van der Waals surface area (Å²) in [5.41, 5.74) is 1.09. The number of carbonyl (C=O) groups excluding carboxylic acids is 3. The lowest BCUT2D eigenvalue weighted by Crippen LogP contribution is -2.66. The highest BCUT2D eigenvalue weighted by atomic mass is 16.6. The van der Waals surface area contributed by atoms with E-state index in [2.05, 4.69) is 47.6 Å². The summed E-state index contributed by atoms with van der Waals surface area (Å²) in [6, 6.07) is 0. The van der Waals surface area contributed by atoms with Gasteiger partial charge in [-0.2, -0.15) is 0 Å². The minimum absolute atomic E-state index is 0.0138. The molecule has 0 aromatic rings. The molecule has 0 unspecified atom stereocenters. The topological polar surface area (TPSA) is 78.9 Å². The fourth-order valence-electron chi connectivity index (χ4n) is 11.7. The predicted octanol–water partition coefficient (Wildman–Crippen LogP) is 6.80. The van der Waals surface area contributed by atoms with Crippen molar-refractivity contribution in [2.75, 3.05) is 6.61 Å². The maximum absolute atomic E-state index is 12.9. The Labute approximate surface area is 240 Å². The van der Waals surface area contributed by atoms with Crippen LogP contribution in [0, 0.1) is 50.2 Å². The lowest BCUT2D eigenvalue weighted by atomic mass is 9.33. The summed E-state index contributed by atoms with van der Waals surface area (Å²) in [5, 5.41) is 0. The molecule has 0 aromatic carbocycles. The minimum atomic E-state index is -0.420. The molecule has 222 valence electrons. The number of ether oxygens (including phenoxy) is 3. The molecular weight excluding hydrogens is 504 g/mol. The van der Waals surface area contributed by atoms with Crippen molar-refractivity contribution in [1.29, 1.82) is 0 Å².